The number of sulfonamides is 1. The van der Waals surface area contributed by atoms with Crippen molar-refractivity contribution in [1.82, 2.24) is 4.31 Å². The van der Waals surface area contributed by atoms with Crippen LogP contribution in [-0.2, 0) is 16.2 Å². The fourth-order valence-electron chi connectivity index (χ4n) is 3.21. The van der Waals surface area contributed by atoms with Crippen LogP contribution in [0.2, 0.25) is 0 Å². The molecule has 0 radical (unpaired) electrons. The molecular weight excluding hydrogens is 419 g/mol. The third kappa shape index (κ3) is 5.11. The molecule has 30 heavy (non-hydrogen) atoms. The molecule has 2 aromatic rings. The average molecular weight is 441 g/mol. The number of hydrogen-bond acceptors (Lipinski definition) is 3. The first-order valence-electron chi connectivity index (χ1n) is 9.43. The molecule has 1 aliphatic heterocycles. The van der Waals surface area contributed by atoms with Crippen molar-refractivity contribution in [3.63, 3.8) is 0 Å². The number of aryl methyl sites for hydroxylation is 1. The zero-order valence-electron chi connectivity index (χ0n) is 16.3. The van der Waals surface area contributed by atoms with E-state index in [1.165, 1.54) is 28.6 Å². The summed E-state index contributed by atoms with van der Waals surface area (Å²) in [6.07, 6.45) is -1.94. The van der Waals surface area contributed by atoms with Crippen molar-refractivity contribution in [2.45, 2.75) is 37.3 Å². The Kier molecular flexibility index (Phi) is 6.37. The molecule has 1 fully saturated rings. The quantitative estimate of drug-likeness (QED) is 0.713. The van der Waals surface area contributed by atoms with E-state index < -0.39 is 27.8 Å². The number of rotatable bonds is 4. The van der Waals surface area contributed by atoms with Gasteiger partial charge in [0.1, 0.15) is 0 Å². The molecule has 1 saturated heterocycles. The van der Waals surface area contributed by atoms with Crippen LogP contribution in [0, 0.1) is 6.92 Å². The molecule has 0 aliphatic carbocycles. The minimum atomic E-state index is -4.53. The normalized spacial score (nSPS) is 15.6. The molecule has 0 atom stereocenters. The second-order valence-electron chi connectivity index (χ2n) is 7.10. The van der Waals surface area contributed by atoms with Gasteiger partial charge in [-0.1, -0.05) is 18.6 Å². The summed E-state index contributed by atoms with van der Waals surface area (Å²) in [6.45, 7) is 2.60. The molecule has 6 nitrogen and oxygen atoms in total. The standard InChI is InChI=1S/C20H22F3N3O3S/c1-14-8-9-17(30(28,29)26-10-3-2-4-11-26)13-18(14)25-19(27)24-16-7-5-6-15(12-16)20(21,22)23/h5-9,12-13H,2-4,10-11H2,1H3,(H2,24,25,27). The zero-order valence-corrected chi connectivity index (χ0v) is 17.1. The molecule has 10 heteroatoms. The highest BCUT2D eigenvalue weighted by Gasteiger charge is 2.30. The number of nitrogens with zero attached hydrogens (tertiary/aromatic N) is 1. The lowest BCUT2D eigenvalue weighted by molar-refractivity contribution is -0.137. The summed E-state index contributed by atoms with van der Waals surface area (Å²) in [4.78, 5) is 12.4. The summed E-state index contributed by atoms with van der Waals surface area (Å²) >= 11 is 0. The van der Waals surface area contributed by atoms with Crippen LogP contribution >= 0.6 is 0 Å². The Bertz CT molecular complexity index is 1030. The van der Waals surface area contributed by atoms with Gasteiger partial charge in [-0.15, -0.1) is 0 Å². The van der Waals surface area contributed by atoms with E-state index >= 15 is 0 Å². The Morgan fingerprint density at radius 1 is 1.00 bits per heavy atom. The number of carbonyl (C=O) groups excluding carboxylic acids is 1. The first-order chi connectivity index (χ1) is 14.1. The third-order valence-corrected chi connectivity index (χ3v) is 6.75. The van der Waals surface area contributed by atoms with Crippen molar-refractivity contribution in [1.29, 1.82) is 0 Å². The van der Waals surface area contributed by atoms with Crippen LogP contribution in [0.3, 0.4) is 0 Å². The first kappa shape index (κ1) is 22.1. The van der Waals surface area contributed by atoms with Gasteiger partial charge in [-0.3, -0.25) is 0 Å². The van der Waals surface area contributed by atoms with Crippen LogP contribution < -0.4 is 10.6 Å². The monoisotopic (exact) mass is 441 g/mol. The second kappa shape index (κ2) is 8.65. The predicted molar refractivity (Wildman–Crippen MR) is 108 cm³/mol. The number of nitrogens with one attached hydrogen (secondary N) is 2. The molecule has 0 saturated carbocycles. The van der Waals surface area contributed by atoms with Crippen molar-refractivity contribution >= 4 is 27.4 Å². The molecule has 162 valence electrons. The maximum Gasteiger partial charge on any atom is 0.416 e. The second-order valence-corrected chi connectivity index (χ2v) is 9.04. The van der Waals surface area contributed by atoms with E-state index in [1.807, 2.05) is 0 Å². The highest BCUT2D eigenvalue weighted by atomic mass is 32.2. The lowest BCUT2D eigenvalue weighted by Crippen LogP contribution is -2.35. The Labute approximate surface area is 173 Å². The van der Waals surface area contributed by atoms with E-state index in [2.05, 4.69) is 10.6 Å². The number of benzene rings is 2. The van der Waals surface area contributed by atoms with Crippen LogP contribution in [-0.4, -0.2) is 31.8 Å². The molecule has 0 aromatic heterocycles. The molecule has 0 unspecified atom stereocenters. The summed E-state index contributed by atoms with van der Waals surface area (Å²) < 4.78 is 65.6. The van der Waals surface area contributed by atoms with E-state index in [4.69, 9.17) is 0 Å². The number of alkyl halides is 3. The van der Waals surface area contributed by atoms with E-state index in [0.717, 1.165) is 31.4 Å². The lowest BCUT2D eigenvalue weighted by Gasteiger charge is -2.26. The number of halogens is 3. The molecule has 0 spiro atoms. The Morgan fingerprint density at radius 2 is 1.70 bits per heavy atom. The summed E-state index contributed by atoms with van der Waals surface area (Å²) in [5.41, 5.74) is -0.0347. The SMILES string of the molecule is Cc1ccc(S(=O)(=O)N2CCCCC2)cc1NC(=O)Nc1cccc(C(F)(F)F)c1. The van der Waals surface area contributed by atoms with Crippen molar-refractivity contribution < 1.29 is 26.4 Å². The third-order valence-electron chi connectivity index (χ3n) is 4.86. The van der Waals surface area contributed by atoms with Crippen molar-refractivity contribution in [2.75, 3.05) is 23.7 Å². The molecule has 1 heterocycles. The number of urea groups is 1. The van der Waals surface area contributed by atoms with Crippen molar-refractivity contribution in [2.24, 2.45) is 0 Å². The summed E-state index contributed by atoms with van der Waals surface area (Å²) in [6, 6.07) is 7.90. The van der Waals surface area contributed by atoms with E-state index in [-0.39, 0.29) is 16.3 Å². The highest BCUT2D eigenvalue weighted by Crippen LogP contribution is 2.31. The van der Waals surface area contributed by atoms with Gasteiger partial charge in [-0.05, 0) is 55.7 Å². The molecule has 1 aliphatic rings. The van der Waals surface area contributed by atoms with E-state index in [1.54, 1.807) is 13.0 Å². The molecule has 2 aromatic carbocycles. The van der Waals surface area contributed by atoms with Crippen LogP contribution in [0.4, 0.5) is 29.3 Å². The van der Waals surface area contributed by atoms with Gasteiger partial charge in [-0.25, -0.2) is 13.2 Å². The molecule has 0 bridgehead atoms. The van der Waals surface area contributed by atoms with Gasteiger partial charge < -0.3 is 10.6 Å². The van der Waals surface area contributed by atoms with Gasteiger partial charge in [-0.2, -0.15) is 17.5 Å². The van der Waals surface area contributed by atoms with E-state index in [9.17, 15) is 26.4 Å². The topological polar surface area (TPSA) is 78.5 Å². The zero-order chi connectivity index (χ0) is 21.9. The minimum Gasteiger partial charge on any atom is -0.308 e. The number of anilines is 2. The number of carbonyl (C=O) groups is 1. The number of amides is 2. The van der Waals surface area contributed by atoms with Crippen LogP contribution in [0.15, 0.2) is 47.4 Å². The summed E-state index contributed by atoms with van der Waals surface area (Å²) in [7, 11) is -3.68. The summed E-state index contributed by atoms with van der Waals surface area (Å²) in [5, 5.41) is 4.86. The average Bonchev–Trinajstić information content (AvgIpc) is 2.69. The molecule has 2 amide bonds. The number of piperidine rings is 1. The van der Waals surface area contributed by atoms with Crippen LogP contribution in [0.5, 0.6) is 0 Å². The van der Waals surface area contributed by atoms with Gasteiger partial charge >= 0.3 is 12.2 Å². The van der Waals surface area contributed by atoms with Gasteiger partial charge in [0.2, 0.25) is 10.0 Å². The van der Waals surface area contributed by atoms with Gasteiger partial charge in [0, 0.05) is 24.5 Å². The fraction of sp³-hybridized carbons (Fsp3) is 0.350. The largest absolute Gasteiger partial charge is 0.416 e. The summed E-state index contributed by atoms with van der Waals surface area (Å²) in [5.74, 6) is 0. The predicted octanol–water partition coefficient (Wildman–Crippen LogP) is 4.83. The molecule has 2 N–H and O–H groups in total. The molecular formula is C20H22F3N3O3S. The maximum atomic E-state index is 12.9. The molecule has 3 rings (SSSR count). The Hall–Kier alpha value is -2.59. The van der Waals surface area contributed by atoms with Gasteiger partial charge in [0.25, 0.3) is 0 Å². The first-order valence-corrected chi connectivity index (χ1v) is 10.9. The van der Waals surface area contributed by atoms with Crippen molar-refractivity contribution in [3.8, 4) is 0 Å². The lowest BCUT2D eigenvalue weighted by atomic mass is 10.2. The smallest absolute Gasteiger partial charge is 0.308 e. The Morgan fingerprint density at radius 3 is 2.37 bits per heavy atom. The van der Waals surface area contributed by atoms with Crippen molar-refractivity contribution in [3.05, 3.63) is 53.6 Å². The maximum absolute atomic E-state index is 12.9. The van der Waals surface area contributed by atoms with E-state index in [0.29, 0.717) is 18.7 Å². The highest BCUT2D eigenvalue weighted by molar-refractivity contribution is 7.89. The number of hydrogen-bond donors (Lipinski definition) is 2. The minimum absolute atomic E-state index is 0.0305. The van der Waals surface area contributed by atoms with Gasteiger partial charge in [0.05, 0.1) is 10.5 Å². The Balaban J connectivity index is 1.77. The van der Waals surface area contributed by atoms with Gasteiger partial charge in [0.15, 0.2) is 0 Å². The van der Waals surface area contributed by atoms with Crippen LogP contribution in [0.25, 0.3) is 0 Å². The fourth-order valence-corrected chi connectivity index (χ4v) is 4.75. The van der Waals surface area contributed by atoms with Crippen LogP contribution in [0.1, 0.15) is 30.4 Å².